The molecule has 0 rings (SSSR count). The zero-order chi connectivity index (χ0) is 18.9. The summed E-state index contributed by atoms with van der Waals surface area (Å²) in [6, 6.07) is 0. The Morgan fingerprint density at radius 3 is 0.625 bits per heavy atom. The smallest absolute Gasteiger partial charge is 0.0274 e. The van der Waals surface area contributed by atoms with Crippen LogP contribution in [0.3, 0.4) is 0 Å². The maximum Gasteiger partial charge on any atom is 0.0274 e. The molecule has 0 saturated heterocycles. The third kappa shape index (κ3) is 518. The van der Waals surface area contributed by atoms with E-state index in [2.05, 4.69) is 55.4 Å². The van der Waals surface area contributed by atoms with E-state index in [9.17, 15) is 0 Å². The fourth-order valence-electron chi connectivity index (χ4n) is 0. The molecule has 0 nitrogen and oxygen atoms in total. The van der Waals surface area contributed by atoms with Crippen LogP contribution in [0.5, 0.6) is 0 Å². The van der Waals surface area contributed by atoms with E-state index in [4.69, 9.17) is 8.22 Å². The minimum Gasteiger partial charge on any atom is -0.269 e. The molecule has 8 heteroatoms. The van der Waals surface area contributed by atoms with Gasteiger partial charge in [0.15, 0.2) is 0 Å². The summed E-state index contributed by atoms with van der Waals surface area (Å²) in [5.74, 6) is 0. The van der Waals surface area contributed by atoms with Crippen LogP contribution < -0.4 is 0 Å². The van der Waals surface area contributed by atoms with Crippen molar-refractivity contribution in [2.75, 3.05) is 52.4 Å². The average Bonchev–Trinajstić information content (AvgIpc) is 2.35. The Balaban J connectivity index is -0.0000000172. The molecule has 0 radical (unpaired) electrons. The minimum atomic E-state index is 0. The molecule has 0 spiro atoms. The lowest BCUT2D eigenvalue weighted by atomic mass is 11.9. The van der Waals surface area contributed by atoms with Gasteiger partial charge in [0.25, 0.3) is 0 Å². The molecule has 0 fully saturated rings. The van der Waals surface area contributed by atoms with Gasteiger partial charge < -0.3 is 0 Å². The highest BCUT2D eigenvalue weighted by atomic mass is 32.2. The zero-order valence-electron chi connectivity index (χ0n) is 16.5. The molecule has 0 saturated carbocycles. The monoisotopic (exact) mass is 376 g/mol. The van der Waals surface area contributed by atoms with Gasteiger partial charge >= 0.3 is 0 Å². The molecule has 0 bridgehead atoms. The fourth-order valence-corrected chi connectivity index (χ4v) is 0. The first-order valence-corrected chi connectivity index (χ1v) is 9.80. The molecule has 0 aliphatic heterocycles. The molecule has 16 heavy (non-hydrogen) atoms. The molecular formula is C8H37FP6S. The van der Waals surface area contributed by atoms with Crippen molar-refractivity contribution in [2.24, 2.45) is 0 Å². The lowest BCUT2D eigenvalue weighted by Crippen LogP contribution is -1.25. The van der Waals surface area contributed by atoms with E-state index in [0.717, 1.165) is 0 Å². The molecule has 0 aromatic rings. The summed E-state index contributed by atoms with van der Waals surface area (Å²) in [5, 5.41) is 0. The Morgan fingerprint density at radius 2 is 0.625 bits per heavy atom. The van der Waals surface area contributed by atoms with E-state index >= 15 is 0 Å². The third-order valence-corrected chi connectivity index (χ3v) is 0. The van der Waals surface area contributed by atoms with Gasteiger partial charge in [-0.15, -0.1) is 55.4 Å². The first-order chi connectivity index (χ1) is 9.90. The van der Waals surface area contributed by atoms with Crippen LogP contribution in [0.4, 0.5) is 4.70 Å². The van der Waals surface area contributed by atoms with Crippen LogP contribution in [0.1, 0.15) is 8.22 Å². The van der Waals surface area contributed by atoms with Crippen LogP contribution in [-0.4, -0.2) is 52.4 Å². The quantitative estimate of drug-likeness (QED) is 0.574. The number of halogens is 1. The van der Waals surface area contributed by atoms with Crippen molar-refractivity contribution in [1.29, 1.82) is 0 Å². The molecule has 0 aliphatic carbocycles. The van der Waals surface area contributed by atoms with Crippen molar-refractivity contribution in [3.63, 3.8) is 0 Å². The molecule has 0 aromatic heterocycles. The van der Waals surface area contributed by atoms with Crippen LogP contribution in [0, 0.1) is 0 Å². The maximum atomic E-state index is 6.17. The van der Waals surface area contributed by atoms with E-state index in [1.807, 2.05) is 12.5 Å². The lowest BCUT2D eigenvalue weighted by molar-refractivity contribution is 1.11. The van der Waals surface area contributed by atoms with Crippen molar-refractivity contribution in [1.82, 2.24) is 0 Å². The Kier molecular flexibility index (Phi) is 451. The number of rotatable bonds is 0. The van der Waals surface area contributed by atoms with Gasteiger partial charge in [0.2, 0.25) is 0 Å². The highest BCUT2D eigenvalue weighted by Gasteiger charge is 1.32. The van der Waals surface area contributed by atoms with Crippen molar-refractivity contribution in [3.05, 3.63) is 0 Å². The van der Waals surface area contributed by atoms with Gasteiger partial charge in [-0.1, -0.05) is 39.8 Å². The number of hydrogen-bond donors (Lipinski definition) is 0. The average molecular weight is 376 g/mol. The van der Waals surface area contributed by atoms with Crippen LogP contribution >= 0.6 is 67.2 Å². The summed E-state index contributed by atoms with van der Waals surface area (Å²) < 4.78 is 37.0. The first-order valence-electron chi connectivity index (χ1n) is 7.51. The standard InChI is InChI=1S/C2H6S.6CH5P.FH/c1-3-2;6*1-2;/h1-2H3;6*2H2,1H3;1H/i;6*1D;. The number of thioether (sulfide) groups is 1. The molecule has 0 N–H and O–H groups in total. The third-order valence-electron chi connectivity index (χ3n) is 0. The van der Waals surface area contributed by atoms with E-state index in [-0.39, 0.29) is 4.70 Å². The SMILES string of the molecule is CSC.F.[2H]CP.[2H]CP.[2H]CP.[2H]CP.[2H]CP.[2H]CP. The molecule has 0 heterocycles. The predicted octanol–water partition coefficient (Wildman–Crippen LogP) is 4.08. The van der Waals surface area contributed by atoms with E-state index < -0.39 is 0 Å². The lowest BCUT2D eigenvalue weighted by Gasteiger charge is -1.51. The topological polar surface area (TPSA) is 0 Å². The molecular weight excluding hydrogens is 333 g/mol. The zero-order valence-corrected chi connectivity index (χ0v) is 18.3. The normalized spacial score (nSPS) is 8.25. The summed E-state index contributed by atoms with van der Waals surface area (Å²) in [6.07, 6.45) is 4.08. The van der Waals surface area contributed by atoms with Gasteiger partial charge in [-0.05, 0) is 12.5 Å². The summed E-state index contributed by atoms with van der Waals surface area (Å²) >= 11 is 1.75. The number of hydrogen-bond acceptors (Lipinski definition) is 1. The fraction of sp³-hybridized carbons (Fsp3) is 1.00. The Labute approximate surface area is 133 Å². The molecule has 0 amide bonds. The highest BCUT2D eigenvalue weighted by Crippen LogP contribution is 1.70. The molecule has 0 aromatic carbocycles. The second-order valence-corrected chi connectivity index (χ2v) is 1.22. The Morgan fingerprint density at radius 1 is 0.625 bits per heavy atom. The van der Waals surface area contributed by atoms with Gasteiger partial charge in [-0.2, -0.15) is 11.8 Å². The van der Waals surface area contributed by atoms with Gasteiger partial charge in [-0.3, -0.25) is 4.70 Å². The molecule has 6 atom stereocenters. The van der Waals surface area contributed by atoms with Gasteiger partial charge in [-0.25, -0.2) is 0 Å². The molecule has 6 unspecified atom stereocenters. The van der Waals surface area contributed by atoms with Crippen LogP contribution in [0.2, 0.25) is 0 Å². The van der Waals surface area contributed by atoms with Crippen molar-refractivity contribution >= 4 is 67.2 Å². The van der Waals surface area contributed by atoms with E-state index in [1.165, 1.54) is 0 Å². The van der Waals surface area contributed by atoms with E-state index in [0.29, 0.717) is 39.8 Å². The summed E-state index contributed by atoms with van der Waals surface area (Å²) in [6.45, 7) is 2.50. The Bertz CT molecular complexity index is 62.7. The highest BCUT2D eigenvalue weighted by molar-refractivity contribution is 7.97. The largest absolute Gasteiger partial charge is 0.269 e. The Hall–Kier alpha value is 2.86. The van der Waals surface area contributed by atoms with Crippen LogP contribution in [-0.2, 0) is 0 Å². The van der Waals surface area contributed by atoms with Gasteiger partial charge in [0.05, 0.1) is 0 Å². The van der Waals surface area contributed by atoms with Crippen molar-refractivity contribution in [2.45, 2.75) is 0 Å². The van der Waals surface area contributed by atoms with E-state index in [1.54, 1.807) is 11.8 Å². The summed E-state index contributed by atoms with van der Waals surface area (Å²) in [4.78, 5) is 0. The second kappa shape index (κ2) is 341. The van der Waals surface area contributed by atoms with Crippen molar-refractivity contribution < 1.29 is 12.9 Å². The van der Waals surface area contributed by atoms with Crippen LogP contribution in [0.25, 0.3) is 0 Å². The van der Waals surface area contributed by atoms with Crippen molar-refractivity contribution in [3.8, 4) is 0 Å². The molecule has 0 aliphatic rings. The van der Waals surface area contributed by atoms with Gasteiger partial charge in [0.1, 0.15) is 0 Å². The summed E-state index contributed by atoms with van der Waals surface area (Å²) in [7, 11) is 13.5. The minimum absolute atomic E-state index is 0. The second-order valence-electron chi connectivity index (χ2n) is 0.408. The van der Waals surface area contributed by atoms with Crippen LogP contribution in [0.15, 0.2) is 0 Å². The first kappa shape index (κ1) is 21.2. The summed E-state index contributed by atoms with van der Waals surface area (Å²) in [5.41, 5.74) is 0. The maximum absolute atomic E-state index is 6.17. The molecule has 112 valence electrons. The van der Waals surface area contributed by atoms with Gasteiger partial charge in [0, 0.05) is 8.22 Å². The predicted molar refractivity (Wildman–Crippen MR) is 116 cm³/mol.